The minimum Gasteiger partial charge on any atom is -0.365 e. The van der Waals surface area contributed by atoms with Gasteiger partial charge in [-0.25, -0.2) is 0 Å². The fourth-order valence-electron chi connectivity index (χ4n) is 2.82. The summed E-state index contributed by atoms with van der Waals surface area (Å²) in [7, 11) is 0. The first-order valence-electron chi connectivity index (χ1n) is 7.16. The second-order valence-electron chi connectivity index (χ2n) is 5.45. The topological polar surface area (TPSA) is 15.3 Å². The van der Waals surface area contributed by atoms with Crippen LogP contribution in [0, 0.1) is 0 Å². The Balaban J connectivity index is 1.89. The van der Waals surface area contributed by atoms with Crippen molar-refractivity contribution in [3.8, 4) is 0 Å². The van der Waals surface area contributed by atoms with Crippen LogP contribution < -0.4 is 10.2 Å². The van der Waals surface area contributed by atoms with E-state index < -0.39 is 0 Å². The van der Waals surface area contributed by atoms with Crippen LogP contribution in [0.3, 0.4) is 0 Å². The molecule has 0 bridgehead atoms. The molecule has 3 rings (SSSR count). The van der Waals surface area contributed by atoms with Crippen LogP contribution in [-0.4, -0.2) is 19.1 Å². The zero-order chi connectivity index (χ0) is 14.8. The number of rotatable bonds is 2. The van der Waals surface area contributed by atoms with Crippen molar-refractivity contribution in [3.63, 3.8) is 0 Å². The van der Waals surface area contributed by atoms with E-state index in [-0.39, 0.29) is 0 Å². The lowest BCUT2D eigenvalue weighted by Crippen LogP contribution is -2.51. The van der Waals surface area contributed by atoms with Crippen molar-refractivity contribution in [3.05, 3.63) is 63.6 Å². The summed E-state index contributed by atoms with van der Waals surface area (Å²) in [6, 6.07) is 17.4. The van der Waals surface area contributed by atoms with Crippen LogP contribution >= 0.6 is 27.5 Å². The van der Waals surface area contributed by atoms with Gasteiger partial charge in [-0.2, -0.15) is 0 Å². The molecule has 2 aromatic carbocycles. The summed E-state index contributed by atoms with van der Waals surface area (Å²) in [6.45, 7) is 4.13. The molecule has 1 heterocycles. The van der Waals surface area contributed by atoms with E-state index in [1.165, 1.54) is 5.56 Å². The highest BCUT2D eigenvalue weighted by molar-refractivity contribution is 9.10. The van der Waals surface area contributed by atoms with E-state index in [0.717, 1.165) is 28.3 Å². The summed E-state index contributed by atoms with van der Waals surface area (Å²) in [5.41, 5.74) is 2.49. The Morgan fingerprint density at radius 2 is 1.90 bits per heavy atom. The van der Waals surface area contributed by atoms with Gasteiger partial charge in [0.15, 0.2) is 0 Å². The molecule has 4 heteroatoms. The Morgan fingerprint density at radius 1 is 1.14 bits per heavy atom. The maximum atomic E-state index is 6.24. The Morgan fingerprint density at radius 3 is 2.67 bits per heavy atom. The largest absolute Gasteiger partial charge is 0.365 e. The molecule has 2 unspecified atom stereocenters. The van der Waals surface area contributed by atoms with Gasteiger partial charge in [0.2, 0.25) is 0 Å². The van der Waals surface area contributed by atoms with E-state index >= 15 is 0 Å². The lowest BCUT2D eigenvalue weighted by atomic mass is 10.0. The SMILES string of the molecule is CC1CNC(c2ccccc2)CN1c1cccc(Cl)c1Br. The van der Waals surface area contributed by atoms with E-state index in [4.69, 9.17) is 11.6 Å². The maximum Gasteiger partial charge on any atom is 0.0595 e. The Kier molecular flexibility index (Phi) is 4.53. The molecule has 2 atom stereocenters. The van der Waals surface area contributed by atoms with Gasteiger partial charge in [-0.3, -0.25) is 0 Å². The molecule has 0 radical (unpaired) electrons. The van der Waals surface area contributed by atoms with Gasteiger partial charge in [0, 0.05) is 25.2 Å². The molecular weight excluding hydrogens is 348 g/mol. The predicted molar refractivity (Wildman–Crippen MR) is 93.1 cm³/mol. The van der Waals surface area contributed by atoms with Crippen molar-refractivity contribution in [1.82, 2.24) is 5.32 Å². The third kappa shape index (κ3) is 3.10. The summed E-state index contributed by atoms with van der Waals surface area (Å²) in [4.78, 5) is 2.42. The van der Waals surface area contributed by atoms with Gasteiger partial charge in [0.1, 0.15) is 0 Å². The van der Waals surface area contributed by atoms with Crippen LogP contribution in [0.5, 0.6) is 0 Å². The van der Waals surface area contributed by atoms with Crippen LogP contribution in [0.2, 0.25) is 5.02 Å². The molecule has 2 aromatic rings. The van der Waals surface area contributed by atoms with E-state index in [2.05, 4.69) is 69.5 Å². The molecule has 0 saturated carbocycles. The number of benzene rings is 2. The molecule has 0 aliphatic carbocycles. The van der Waals surface area contributed by atoms with Crippen LogP contribution in [0.25, 0.3) is 0 Å². The monoisotopic (exact) mass is 364 g/mol. The average Bonchev–Trinajstić information content (AvgIpc) is 2.52. The van der Waals surface area contributed by atoms with Crippen LogP contribution in [0.4, 0.5) is 5.69 Å². The average molecular weight is 366 g/mol. The highest BCUT2D eigenvalue weighted by Gasteiger charge is 2.27. The van der Waals surface area contributed by atoms with Crippen LogP contribution in [0.1, 0.15) is 18.5 Å². The molecule has 0 amide bonds. The molecule has 1 aliphatic heterocycles. The highest BCUT2D eigenvalue weighted by Crippen LogP contribution is 2.35. The standard InChI is InChI=1S/C17H18BrClN2/c1-12-10-20-15(13-6-3-2-4-7-13)11-21(12)16-9-5-8-14(19)17(16)18/h2-9,12,15,20H,10-11H2,1H3. The number of piperazine rings is 1. The van der Waals surface area contributed by atoms with Gasteiger partial charge in [0.25, 0.3) is 0 Å². The Bertz CT molecular complexity index is 617. The first-order chi connectivity index (χ1) is 10.2. The van der Waals surface area contributed by atoms with Crippen LogP contribution in [0.15, 0.2) is 53.0 Å². The molecule has 1 fully saturated rings. The number of nitrogens with one attached hydrogen (secondary N) is 1. The summed E-state index contributed by atoms with van der Waals surface area (Å²) in [5, 5.41) is 4.39. The molecule has 21 heavy (non-hydrogen) atoms. The number of hydrogen-bond donors (Lipinski definition) is 1. The van der Waals surface area contributed by atoms with E-state index in [0.29, 0.717) is 12.1 Å². The van der Waals surface area contributed by atoms with Gasteiger partial charge >= 0.3 is 0 Å². The highest BCUT2D eigenvalue weighted by atomic mass is 79.9. The minimum atomic E-state index is 0.341. The third-order valence-electron chi connectivity index (χ3n) is 4.01. The molecule has 1 saturated heterocycles. The predicted octanol–water partition coefficient (Wildman–Crippen LogP) is 4.64. The van der Waals surface area contributed by atoms with E-state index in [1.807, 2.05) is 12.1 Å². The summed E-state index contributed by atoms with van der Waals surface area (Å²) in [6.07, 6.45) is 0. The molecule has 0 aromatic heterocycles. The second-order valence-corrected chi connectivity index (χ2v) is 6.65. The van der Waals surface area contributed by atoms with Crippen molar-refractivity contribution in [2.24, 2.45) is 0 Å². The Hall–Kier alpha value is -1.03. The molecule has 1 N–H and O–H groups in total. The zero-order valence-corrected chi connectivity index (χ0v) is 14.2. The molecule has 0 spiro atoms. The van der Waals surface area contributed by atoms with E-state index in [1.54, 1.807) is 0 Å². The number of anilines is 1. The normalized spacial score (nSPS) is 22.3. The maximum absolute atomic E-state index is 6.24. The van der Waals surface area contributed by atoms with Gasteiger partial charge in [-0.05, 0) is 40.5 Å². The summed E-state index contributed by atoms with van der Waals surface area (Å²) >= 11 is 9.87. The number of halogens is 2. The smallest absolute Gasteiger partial charge is 0.0595 e. The van der Waals surface area contributed by atoms with Crippen molar-refractivity contribution < 1.29 is 0 Å². The fourth-order valence-corrected chi connectivity index (χ4v) is 3.48. The first kappa shape index (κ1) is 14.9. The summed E-state index contributed by atoms with van der Waals surface area (Å²) in [5.74, 6) is 0. The van der Waals surface area contributed by atoms with Crippen molar-refractivity contribution in [2.45, 2.75) is 19.0 Å². The van der Waals surface area contributed by atoms with Gasteiger partial charge in [0.05, 0.1) is 15.2 Å². The minimum absolute atomic E-state index is 0.341. The van der Waals surface area contributed by atoms with Crippen LogP contribution in [-0.2, 0) is 0 Å². The van der Waals surface area contributed by atoms with Crippen molar-refractivity contribution in [2.75, 3.05) is 18.0 Å². The number of hydrogen-bond acceptors (Lipinski definition) is 2. The Labute approximate surface area is 139 Å². The van der Waals surface area contributed by atoms with Gasteiger partial charge in [-0.1, -0.05) is 48.0 Å². The van der Waals surface area contributed by atoms with E-state index in [9.17, 15) is 0 Å². The number of nitrogens with zero attached hydrogens (tertiary/aromatic N) is 1. The lowest BCUT2D eigenvalue weighted by Gasteiger charge is -2.41. The van der Waals surface area contributed by atoms with Crippen molar-refractivity contribution in [1.29, 1.82) is 0 Å². The molecule has 1 aliphatic rings. The van der Waals surface area contributed by atoms with Crippen molar-refractivity contribution >= 4 is 33.2 Å². The lowest BCUT2D eigenvalue weighted by molar-refractivity contribution is 0.414. The zero-order valence-electron chi connectivity index (χ0n) is 11.9. The van der Waals surface area contributed by atoms with Gasteiger partial charge in [-0.15, -0.1) is 0 Å². The third-order valence-corrected chi connectivity index (χ3v) is 5.39. The molecule has 110 valence electrons. The second kappa shape index (κ2) is 6.39. The fraction of sp³-hybridized carbons (Fsp3) is 0.294. The van der Waals surface area contributed by atoms with Gasteiger partial charge < -0.3 is 10.2 Å². The quantitative estimate of drug-likeness (QED) is 0.834. The first-order valence-corrected chi connectivity index (χ1v) is 8.33. The molecule has 2 nitrogen and oxygen atoms in total. The summed E-state index contributed by atoms with van der Waals surface area (Å²) < 4.78 is 0.979. The molecular formula is C17H18BrClN2.